The molecular formula is C19H36N6O6S. The van der Waals surface area contributed by atoms with Gasteiger partial charge >= 0.3 is 5.97 Å². The molecule has 0 saturated carbocycles. The van der Waals surface area contributed by atoms with Crippen LogP contribution in [0.3, 0.4) is 0 Å². The molecule has 2 atom stereocenters. The number of hydrogen-bond acceptors (Lipinski definition) is 8. The Hall–Kier alpha value is -2.38. The Morgan fingerprint density at radius 1 is 0.906 bits per heavy atom. The Labute approximate surface area is 193 Å². The maximum atomic E-state index is 12.1. The van der Waals surface area contributed by atoms with Crippen LogP contribution in [0.5, 0.6) is 0 Å². The smallest absolute Gasteiger partial charge is 0.320 e. The number of hydrogen-bond donors (Lipinski definition) is 8. The molecule has 0 aliphatic rings. The van der Waals surface area contributed by atoms with Gasteiger partial charge in [0.15, 0.2) is 0 Å². The monoisotopic (exact) mass is 476 g/mol. The van der Waals surface area contributed by atoms with Crippen LogP contribution in [0.25, 0.3) is 0 Å². The maximum Gasteiger partial charge on any atom is 0.320 e. The first-order chi connectivity index (χ1) is 15.2. The number of unbranched alkanes of at least 4 members (excludes halogenated alkanes) is 1. The molecule has 0 spiro atoms. The van der Waals surface area contributed by atoms with Gasteiger partial charge in [-0.2, -0.15) is 12.6 Å². The number of thiol groups is 1. The van der Waals surface area contributed by atoms with Gasteiger partial charge in [0.1, 0.15) is 12.1 Å². The molecule has 12 nitrogen and oxygen atoms in total. The summed E-state index contributed by atoms with van der Waals surface area (Å²) >= 11 is 4.02. The molecule has 184 valence electrons. The summed E-state index contributed by atoms with van der Waals surface area (Å²) in [5.74, 6) is -2.67. The van der Waals surface area contributed by atoms with E-state index >= 15 is 0 Å². The first kappa shape index (κ1) is 29.6. The van der Waals surface area contributed by atoms with Crippen molar-refractivity contribution in [2.24, 2.45) is 5.73 Å². The number of carboxylic acid groups (broad SMARTS) is 1. The van der Waals surface area contributed by atoms with Gasteiger partial charge in [0.05, 0.1) is 6.54 Å². The van der Waals surface area contributed by atoms with Crippen LogP contribution in [-0.4, -0.2) is 85.3 Å². The molecule has 0 aromatic heterocycles. The van der Waals surface area contributed by atoms with E-state index in [2.05, 4.69) is 39.2 Å². The van der Waals surface area contributed by atoms with Gasteiger partial charge in [-0.15, -0.1) is 0 Å². The summed E-state index contributed by atoms with van der Waals surface area (Å²) in [7, 11) is 0. The first-order valence-corrected chi connectivity index (χ1v) is 11.2. The highest BCUT2D eigenvalue weighted by Gasteiger charge is 2.21. The predicted molar refractivity (Wildman–Crippen MR) is 122 cm³/mol. The fourth-order valence-corrected chi connectivity index (χ4v) is 2.69. The predicted octanol–water partition coefficient (Wildman–Crippen LogP) is -2.28. The van der Waals surface area contributed by atoms with Gasteiger partial charge in [-0.25, -0.2) is 0 Å². The zero-order valence-corrected chi connectivity index (χ0v) is 19.3. The zero-order valence-electron chi connectivity index (χ0n) is 18.4. The van der Waals surface area contributed by atoms with Crippen LogP contribution in [-0.2, 0) is 24.0 Å². The zero-order chi connectivity index (χ0) is 24.4. The number of carbonyl (C=O) groups excluding carboxylic acids is 4. The highest BCUT2D eigenvalue weighted by Crippen LogP contribution is 1.97. The highest BCUT2D eigenvalue weighted by atomic mass is 32.1. The second-order valence-corrected chi connectivity index (χ2v) is 7.51. The standard InChI is InChI=1S/C19H36N6O6S/c1-13(26)22-9-3-2-7-21-8-4-10-23-17(28)11-24-18(29)15(12-32)25-16(27)6-5-14(20)19(30)31/h14-15,21,32H,2-12,20H2,1H3,(H,22,26)(H,23,28)(H,24,29)(H,25,27)(H,30,31)/t14-,15-/m0/s1. The van der Waals surface area contributed by atoms with Gasteiger partial charge < -0.3 is 37.4 Å². The van der Waals surface area contributed by atoms with E-state index in [0.717, 1.165) is 32.4 Å². The van der Waals surface area contributed by atoms with E-state index < -0.39 is 29.9 Å². The van der Waals surface area contributed by atoms with Crippen LogP contribution in [0, 0.1) is 0 Å². The molecular weight excluding hydrogens is 440 g/mol. The molecule has 32 heavy (non-hydrogen) atoms. The molecule has 0 saturated heterocycles. The van der Waals surface area contributed by atoms with Crippen molar-refractivity contribution >= 4 is 42.2 Å². The topological polar surface area (TPSA) is 192 Å². The quantitative estimate of drug-likeness (QED) is 0.0801. The van der Waals surface area contributed by atoms with Crippen LogP contribution in [0.2, 0.25) is 0 Å². The van der Waals surface area contributed by atoms with E-state index in [1.54, 1.807) is 0 Å². The number of aliphatic carboxylic acids is 1. The van der Waals surface area contributed by atoms with Crippen molar-refractivity contribution < 1.29 is 29.1 Å². The summed E-state index contributed by atoms with van der Waals surface area (Å²) in [6.07, 6.45) is 2.35. The molecule has 0 aliphatic carbocycles. The Balaban J connectivity index is 3.87. The van der Waals surface area contributed by atoms with E-state index in [1.807, 2.05) is 0 Å². The van der Waals surface area contributed by atoms with Crippen molar-refractivity contribution in [1.29, 1.82) is 0 Å². The molecule has 0 radical (unpaired) electrons. The average molecular weight is 477 g/mol. The molecule has 0 aromatic rings. The number of carboxylic acids is 1. The third-order valence-electron chi connectivity index (χ3n) is 4.26. The fraction of sp³-hybridized carbons (Fsp3) is 0.737. The molecule has 0 unspecified atom stereocenters. The number of nitrogens with two attached hydrogens (primary N) is 1. The first-order valence-electron chi connectivity index (χ1n) is 10.6. The molecule has 0 fully saturated rings. The summed E-state index contributed by atoms with van der Waals surface area (Å²) in [4.78, 5) is 57.2. The van der Waals surface area contributed by atoms with Crippen LogP contribution < -0.4 is 32.3 Å². The minimum absolute atomic E-state index is 0.0145. The molecule has 4 amide bonds. The molecule has 0 heterocycles. The summed E-state index contributed by atoms with van der Waals surface area (Å²) in [5.41, 5.74) is 5.33. The lowest BCUT2D eigenvalue weighted by molar-refractivity contribution is -0.139. The van der Waals surface area contributed by atoms with Crippen molar-refractivity contribution in [3.8, 4) is 0 Å². The summed E-state index contributed by atoms with van der Waals surface area (Å²) < 4.78 is 0. The summed E-state index contributed by atoms with van der Waals surface area (Å²) in [5, 5.41) is 22.2. The lowest BCUT2D eigenvalue weighted by Gasteiger charge is -2.17. The number of nitrogens with one attached hydrogen (secondary N) is 5. The third-order valence-corrected chi connectivity index (χ3v) is 4.63. The molecule has 0 bridgehead atoms. The van der Waals surface area contributed by atoms with Gasteiger partial charge in [0.2, 0.25) is 23.6 Å². The Bertz CT molecular complexity index is 621. The van der Waals surface area contributed by atoms with Crippen LogP contribution in [0.1, 0.15) is 39.0 Å². The Kier molecular flexibility index (Phi) is 16.9. The van der Waals surface area contributed by atoms with Gasteiger partial charge in [-0.1, -0.05) is 0 Å². The molecule has 0 aliphatic heterocycles. The average Bonchev–Trinajstić information content (AvgIpc) is 2.74. The molecule has 0 rings (SSSR count). The SMILES string of the molecule is CC(=O)NCCCCNCCCNC(=O)CNC(=O)[C@H](CS)NC(=O)CC[C@H](N)C(=O)O. The van der Waals surface area contributed by atoms with Crippen molar-refractivity contribution in [2.45, 2.75) is 51.1 Å². The van der Waals surface area contributed by atoms with Gasteiger partial charge in [0, 0.05) is 32.2 Å². The van der Waals surface area contributed by atoms with Gasteiger partial charge in [-0.05, 0) is 38.8 Å². The second-order valence-electron chi connectivity index (χ2n) is 7.15. The van der Waals surface area contributed by atoms with E-state index in [-0.39, 0.29) is 37.0 Å². The van der Waals surface area contributed by atoms with E-state index in [0.29, 0.717) is 13.1 Å². The molecule has 8 N–H and O–H groups in total. The van der Waals surface area contributed by atoms with Gasteiger partial charge in [0.25, 0.3) is 0 Å². The lowest BCUT2D eigenvalue weighted by Crippen LogP contribution is -2.50. The Morgan fingerprint density at radius 2 is 1.53 bits per heavy atom. The summed E-state index contributed by atoms with van der Waals surface area (Å²) in [6.45, 7) is 3.91. The van der Waals surface area contributed by atoms with Crippen molar-refractivity contribution in [2.75, 3.05) is 38.5 Å². The third kappa shape index (κ3) is 16.3. The lowest BCUT2D eigenvalue weighted by atomic mass is 10.1. The fourth-order valence-electron chi connectivity index (χ4n) is 2.43. The minimum Gasteiger partial charge on any atom is -0.480 e. The normalized spacial score (nSPS) is 12.3. The molecule has 13 heteroatoms. The molecule has 0 aromatic carbocycles. The number of rotatable bonds is 18. The van der Waals surface area contributed by atoms with E-state index in [4.69, 9.17) is 10.8 Å². The van der Waals surface area contributed by atoms with Crippen LogP contribution in [0.15, 0.2) is 0 Å². The Morgan fingerprint density at radius 3 is 2.16 bits per heavy atom. The largest absolute Gasteiger partial charge is 0.480 e. The minimum atomic E-state index is -1.21. The van der Waals surface area contributed by atoms with Crippen molar-refractivity contribution in [1.82, 2.24) is 26.6 Å². The second kappa shape index (κ2) is 18.2. The summed E-state index contributed by atoms with van der Waals surface area (Å²) in [6, 6.07) is -2.10. The van der Waals surface area contributed by atoms with Gasteiger partial charge in [-0.3, -0.25) is 24.0 Å². The highest BCUT2D eigenvalue weighted by molar-refractivity contribution is 7.80. The van der Waals surface area contributed by atoms with Crippen molar-refractivity contribution in [3.63, 3.8) is 0 Å². The van der Waals surface area contributed by atoms with Crippen LogP contribution in [0.4, 0.5) is 0 Å². The maximum absolute atomic E-state index is 12.1. The van der Waals surface area contributed by atoms with E-state index in [9.17, 15) is 24.0 Å². The van der Waals surface area contributed by atoms with Crippen LogP contribution >= 0.6 is 12.6 Å². The van der Waals surface area contributed by atoms with Crippen molar-refractivity contribution in [3.05, 3.63) is 0 Å². The van der Waals surface area contributed by atoms with E-state index in [1.165, 1.54) is 6.92 Å². The number of carbonyl (C=O) groups is 5. The number of amides is 4.